The quantitative estimate of drug-likeness (QED) is 0.393. The Labute approximate surface area is 183 Å². The molecule has 31 heavy (non-hydrogen) atoms. The normalized spacial score (nSPS) is 10.7. The first-order chi connectivity index (χ1) is 15.0. The molecule has 0 spiro atoms. The maximum Gasteiger partial charge on any atom is 0.273 e. The Bertz CT molecular complexity index is 1200. The Kier molecular flexibility index (Phi) is 6.00. The van der Waals surface area contributed by atoms with Crippen molar-refractivity contribution in [3.8, 4) is 22.8 Å². The number of ether oxygens (including phenoxy) is 1. The average Bonchev–Trinajstić information content (AvgIpc) is 3.26. The van der Waals surface area contributed by atoms with Crippen LogP contribution < -0.4 is 10.1 Å². The van der Waals surface area contributed by atoms with Crippen molar-refractivity contribution in [1.82, 2.24) is 10.5 Å². The van der Waals surface area contributed by atoms with Gasteiger partial charge in [-0.1, -0.05) is 28.9 Å². The number of aryl methyl sites for hydroxylation is 1. The molecule has 1 aromatic heterocycles. The van der Waals surface area contributed by atoms with E-state index in [1.54, 1.807) is 18.2 Å². The zero-order valence-corrected chi connectivity index (χ0v) is 17.3. The molecular weight excluding hydrogens is 419 g/mol. The van der Waals surface area contributed by atoms with E-state index in [1.165, 1.54) is 18.2 Å². The van der Waals surface area contributed by atoms with Crippen LogP contribution in [0.25, 0.3) is 11.3 Å². The molecule has 7 heteroatoms. The lowest BCUT2D eigenvalue weighted by molar-refractivity contribution is 0.0942. The van der Waals surface area contributed by atoms with Crippen LogP contribution in [0.1, 0.15) is 21.6 Å². The minimum Gasteiger partial charge on any atom is -0.457 e. The van der Waals surface area contributed by atoms with Gasteiger partial charge in [0.2, 0.25) is 0 Å². The van der Waals surface area contributed by atoms with Crippen molar-refractivity contribution in [2.75, 3.05) is 0 Å². The van der Waals surface area contributed by atoms with Crippen molar-refractivity contribution in [3.05, 3.63) is 100 Å². The van der Waals surface area contributed by atoms with E-state index in [9.17, 15) is 9.18 Å². The van der Waals surface area contributed by atoms with Gasteiger partial charge in [-0.15, -0.1) is 0 Å². The van der Waals surface area contributed by atoms with Gasteiger partial charge in [0.1, 0.15) is 17.3 Å². The molecule has 3 aromatic carbocycles. The molecule has 0 atom stereocenters. The SMILES string of the molecule is Cc1cc(Oc2ccc(CNC(=O)c3cc(-c4ccc(F)cc4)on3)cc2)ccc1Cl. The first kappa shape index (κ1) is 20.6. The molecule has 1 heterocycles. The maximum atomic E-state index is 13.0. The lowest BCUT2D eigenvalue weighted by Crippen LogP contribution is -2.22. The predicted octanol–water partition coefficient (Wildman–Crippen LogP) is 6.16. The fraction of sp³-hybridized carbons (Fsp3) is 0.0833. The van der Waals surface area contributed by atoms with E-state index >= 15 is 0 Å². The van der Waals surface area contributed by atoms with Gasteiger partial charge in [-0.3, -0.25) is 4.79 Å². The molecule has 0 saturated carbocycles. The molecule has 0 bridgehead atoms. The van der Waals surface area contributed by atoms with Crippen molar-refractivity contribution in [1.29, 1.82) is 0 Å². The molecule has 0 unspecified atom stereocenters. The minimum absolute atomic E-state index is 0.150. The lowest BCUT2D eigenvalue weighted by Gasteiger charge is -2.08. The number of carbonyl (C=O) groups excluding carboxylic acids is 1. The van der Waals surface area contributed by atoms with E-state index in [1.807, 2.05) is 43.3 Å². The fourth-order valence-electron chi connectivity index (χ4n) is 2.90. The fourth-order valence-corrected chi connectivity index (χ4v) is 3.01. The zero-order valence-electron chi connectivity index (χ0n) is 16.6. The summed E-state index contributed by atoms with van der Waals surface area (Å²) in [4.78, 5) is 12.4. The highest BCUT2D eigenvalue weighted by Gasteiger charge is 2.13. The Morgan fingerprint density at radius 1 is 1.03 bits per heavy atom. The predicted molar refractivity (Wildman–Crippen MR) is 116 cm³/mol. The Balaban J connectivity index is 1.34. The number of nitrogens with one attached hydrogen (secondary N) is 1. The molecule has 1 N–H and O–H groups in total. The molecule has 1 amide bonds. The van der Waals surface area contributed by atoms with E-state index in [4.69, 9.17) is 20.9 Å². The van der Waals surface area contributed by atoms with Crippen LogP contribution in [0.15, 0.2) is 77.3 Å². The largest absolute Gasteiger partial charge is 0.457 e. The molecule has 156 valence electrons. The van der Waals surface area contributed by atoms with Gasteiger partial charge in [0, 0.05) is 23.2 Å². The van der Waals surface area contributed by atoms with E-state index in [0.29, 0.717) is 34.4 Å². The number of halogens is 2. The van der Waals surface area contributed by atoms with Gasteiger partial charge in [0.15, 0.2) is 11.5 Å². The van der Waals surface area contributed by atoms with Crippen molar-refractivity contribution >= 4 is 17.5 Å². The van der Waals surface area contributed by atoms with Crippen LogP contribution >= 0.6 is 11.6 Å². The summed E-state index contributed by atoms with van der Waals surface area (Å²) in [7, 11) is 0. The number of rotatable bonds is 6. The van der Waals surface area contributed by atoms with Crippen LogP contribution in [0.2, 0.25) is 5.02 Å². The Morgan fingerprint density at radius 2 is 1.74 bits per heavy atom. The van der Waals surface area contributed by atoms with Gasteiger partial charge in [-0.2, -0.15) is 0 Å². The number of aromatic nitrogens is 1. The number of nitrogens with zero attached hydrogens (tertiary/aromatic N) is 1. The van der Waals surface area contributed by atoms with Gasteiger partial charge in [0.25, 0.3) is 5.91 Å². The van der Waals surface area contributed by atoms with Crippen LogP contribution in [0.3, 0.4) is 0 Å². The Hall–Kier alpha value is -3.64. The van der Waals surface area contributed by atoms with Crippen LogP contribution in [0, 0.1) is 12.7 Å². The highest BCUT2D eigenvalue weighted by molar-refractivity contribution is 6.31. The number of hydrogen-bond donors (Lipinski definition) is 1. The first-order valence-corrected chi connectivity index (χ1v) is 9.89. The number of hydrogen-bond acceptors (Lipinski definition) is 4. The Morgan fingerprint density at radius 3 is 2.45 bits per heavy atom. The third-order valence-corrected chi connectivity index (χ3v) is 5.04. The summed E-state index contributed by atoms with van der Waals surface area (Å²) in [6, 6.07) is 20.1. The molecule has 0 radical (unpaired) electrons. The van der Waals surface area contributed by atoms with Crippen molar-refractivity contribution < 1.29 is 18.4 Å². The lowest BCUT2D eigenvalue weighted by atomic mass is 10.1. The molecule has 0 aliphatic rings. The van der Waals surface area contributed by atoms with Crippen LogP contribution in [-0.2, 0) is 6.54 Å². The first-order valence-electron chi connectivity index (χ1n) is 9.52. The zero-order chi connectivity index (χ0) is 21.8. The second kappa shape index (κ2) is 9.02. The van der Waals surface area contributed by atoms with E-state index in [-0.39, 0.29) is 17.4 Å². The van der Waals surface area contributed by atoms with Gasteiger partial charge in [-0.25, -0.2) is 4.39 Å². The number of carbonyl (C=O) groups is 1. The highest BCUT2D eigenvalue weighted by Crippen LogP contribution is 2.26. The number of amides is 1. The second-order valence-electron chi connectivity index (χ2n) is 6.92. The standard InChI is InChI=1S/C24H18ClFN2O3/c1-15-12-20(10-11-21(15)25)30-19-8-2-16(3-9-19)14-27-24(29)22-13-23(31-28-22)17-4-6-18(26)7-5-17/h2-13H,14H2,1H3,(H,27,29). The molecular formula is C24H18ClFN2O3. The molecule has 0 aliphatic heterocycles. The summed E-state index contributed by atoms with van der Waals surface area (Å²) in [6.45, 7) is 2.23. The van der Waals surface area contributed by atoms with Crippen LogP contribution in [0.4, 0.5) is 4.39 Å². The summed E-state index contributed by atoms with van der Waals surface area (Å²) in [5.74, 6) is 1.06. The van der Waals surface area contributed by atoms with E-state index < -0.39 is 0 Å². The summed E-state index contributed by atoms with van der Waals surface area (Å²) in [6.07, 6.45) is 0. The van der Waals surface area contributed by atoms with Crippen molar-refractivity contribution in [2.24, 2.45) is 0 Å². The van der Waals surface area contributed by atoms with Crippen LogP contribution in [0.5, 0.6) is 11.5 Å². The third-order valence-electron chi connectivity index (χ3n) is 4.61. The monoisotopic (exact) mass is 436 g/mol. The average molecular weight is 437 g/mol. The van der Waals surface area contributed by atoms with Gasteiger partial charge in [-0.05, 0) is 72.6 Å². The third kappa shape index (κ3) is 5.10. The maximum absolute atomic E-state index is 13.0. The molecule has 4 rings (SSSR count). The van der Waals surface area contributed by atoms with E-state index in [2.05, 4.69) is 10.5 Å². The smallest absolute Gasteiger partial charge is 0.273 e. The topological polar surface area (TPSA) is 64.4 Å². The van der Waals surface area contributed by atoms with Gasteiger partial charge < -0.3 is 14.6 Å². The molecule has 0 aliphatic carbocycles. The molecule has 4 aromatic rings. The number of benzene rings is 3. The van der Waals surface area contributed by atoms with Crippen LogP contribution in [-0.4, -0.2) is 11.1 Å². The van der Waals surface area contributed by atoms with Crippen molar-refractivity contribution in [2.45, 2.75) is 13.5 Å². The second-order valence-corrected chi connectivity index (χ2v) is 7.33. The molecule has 0 saturated heterocycles. The van der Waals surface area contributed by atoms with E-state index in [0.717, 1.165) is 11.1 Å². The summed E-state index contributed by atoms with van der Waals surface area (Å²) in [5, 5.41) is 7.28. The molecule has 5 nitrogen and oxygen atoms in total. The minimum atomic E-state index is -0.367. The molecule has 0 fully saturated rings. The summed E-state index contributed by atoms with van der Waals surface area (Å²) < 4.78 is 24.1. The van der Waals surface area contributed by atoms with Gasteiger partial charge in [0.05, 0.1) is 0 Å². The highest BCUT2D eigenvalue weighted by atomic mass is 35.5. The summed E-state index contributed by atoms with van der Waals surface area (Å²) in [5.41, 5.74) is 2.63. The summed E-state index contributed by atoms with van der Waals surface area (Å²) >= 11 is 6.03. The van der Waals surface area contributed by atoms with Crippen molar-refractivity contribution in [3.63, 3.8) is 0 Å². The van der Waals surface area contributed by atoms with Gasteiger partial charge >= 0.3 is 0 Å².